The normalized spacial score (nSPS) is 12.1. The zero-order chi connectivity index (χ0) is 32.7. The number of nitrogens with zero attached hydrogens (tertiary/aromatic N) is 2. The van der Waals surface area contributed by atoms with Gasteiger partial charge in [0, 0.05) is 24.0 Å². The first kappa shape index (κ1) is 33.7. The van der Waals surface area contributed by atoms with Crippen LogP contribution in [-0.2, 0) is 32.6 Å². The van der Waals surface area contributed by atoms with Gasteiger partial charge in [0.1, 0.15) is 12.6 Å². The monoisotopic (exact) mass is 645 g/mol. The Hall–Kier alpha value is -4.14. The average Bonchev–Trinajstić information content (AvgIpc) is 3.00. The molecule has 4 aromatic rings. The first-order valence-corrected chi connectivity index (χ1v) is 16.7. The summed E-state index contributed by atoms with van der Waals surface area (Å²) < 4.78 is 29.5. The molecule has 2 amide bonds. The van der Waals surface area contributed by atoms with E-state index in [1.54, 1.807) is 60.7 Å². The molecular weight excluding hydrogens is 606 g/mol. The molecule has 0 aliphatic carbocycles. The molecule has 0 fully saturated rings. The van der Waals surface area contributed by atoms with E-state index in [0.717, 1.165) is 32.1 Å². The molecule has 4 aromatic carbocycles. The Morgan fingerprint density at radius 2 is 1.44 bits per heavy atom. The minimum absolute atomic E-state index is 0.0711. The van der Waals surface area contributed by atoms with Crippen molar-refractivity contribution in [3.8, 4) is 0 Å². The summed E-state index contributed by atoms with van der Waals surface area (Å²) in [6, 6.07) is 27.3. The van der Waals surface area contributed by atoms with Gasteiger partial charge in [0.15, 0.2) is 0 Å². The molecule has 0 saturated carbocycles. The van der Waals surface area contributed by atoms with Crippen molar-refractivity contribution in [1.82, 2.24) is 10.2 Å². The predicted octanol–water partition coefficient (Wildman–Crippen LogP) is 6.63. The molecule has 1 atom stereocenters. The summed E-state index contributed by atoms with van der Waals surface area (Å²) in [5, 5.41) is 3.51. The maximum atomic E-state index is 14.5. The molecule has 0 heterocycles. The van der Waals surface area contributed by atoms with Gasteiger partial charge in [-0.1, -0.05) is 77.8 Å². The van der Waals surface area contributed by atoms with Crippen molar-refractivity contribution in [1.29, 1.82) is 0 Å². The van der Waals surface area contributed by atoms with Crippen molar-refractivity contribution in [3.63, 3.8) is 0 Å². The van der Waals surface area contributed by atoms with Crippen LogP contribution in [0.2, 0.25) is 5.02 Å². The van der Waals surface area contributed by atoms with Gasteiger partial charge in [0.05, 0.1) is 10.6 Å². The second-order valence-corrected chi connectivity index (χ2v) is 13.9. The average molecular weight is 646 g/mol. The lowest BCUT2D eigenvalue weighted by Crippen LogP contribution is -2.54. The highest BCUT2D eigenvalue weighted by atomic mass is 35.5. The Morgan fingerprint density at radius 1 is 0.800 bits per heavy atom. The fourth-order valence-electron chi connectivity index (χ4n) is 4.97. The van der Waals surface area contributed by atoms with E-state index in [1.807, 2.05) is 71.0 Å². The smallest absolute Gasteiger partial charge is 0.264 e. The van der Waals surface area contributed by atoms with E-state index in [2.05, 4.69) is 5.32 Å². The largest absolute Gasteiger partial charge is 0.352 e. The molecule has 0 aromatic heterocycles. The number of carbonyl (C=O) groups is 2. The molecule has 7 nitrogen and oxygen atoms in total. The van der Waals surface area contributed by atoms with Gasteiger partial charge in [0.2, 0.25) is 11.8 Å². The molecule has 0 aliphatic rings. The van der Waals surface area contributed by atoms with Gasteiger partial charge >= 0.3 is 0 Å². The molecule has 1 N–H and O–H groups in total. The van der Waals surface area contributed by atoms with Crippen molar-refractivity contribution in [2.24, 2.45) is 0 Å². The number of hydrogen-bond donors (Lipinski definition) is 1. The molecule has 45 heavy (non-hydrogen) atoms. The highest BCUT2D eigenvalue weighted by Gasteiger charge is 2.35. The van der Waals surface area contributed by atoms with Crippen LogP contribution in [0.15, 0.2) is 102 Å². The van der Waals surface area contributed by atoms with Gasteiger partial charge in [-0.25, -0.2) is 8.42 Å². The lowest BCUT2D eigenvalue weighted by atomic mass is 10.0. The Kier molecular flexibility index (Phi) is 11.1. The highest BCUT2D eigenvalue weighted by molar-refractivity contribution is 7.92. The number of amides is 2. The van der Waals surface area contributed by atoms with Crippen LogP contribution in [0.1, 0.15) is 41.7 Å². The van der Waals surface area contributed by atoms with Crippen LogP contribution in [0.25, 0.3) is 0 Å². The fourth-order valence-corrected chi connectivity index (χ4v) is 6.50. The third-order valence-electron chi connectivity index (χ3n) is 7.63. The third-order valence-corrected chi connectivity index (χ3v) is 9.67. The standard InChI is InChI=1S/C36H40ClN3O4S/c1-25(2)38-36(42)34(22-29-9-7-6-8-10-29)39(23-30-14-16-31(37)17-15-30)35(41)24-40(32-18-13-27(4)28(5)21-32)45(43,44)33-19-11-26(3)12-20-33/h6-21,25,34H,22-24H2,1-5H3,(H,38,42)/t34-/m1/s1. The van der Waals surface area contributed by atoms with Crippen molar-refractivity contribution in [3.05, 3.63) is 130 Å². The minimum atomic E-state index is -4.16. The molecule has 0 saturated heterocycles. The SMILES string of the molecule is Cc1ccc(S(=O)(=O)N(CC(=O)N(Cc2ccc(Cl)cc2)[C@H](Cc2ccccc2)C(=O)NC(C)C)c2ccc(C)c(C)c2)cc1. The first-order valence-electron chi connectivity index (χ1n) is 14.9. The zero-order valence-corrected chi connectivity index (χ0v) is 27.9. The van der Waals surface area contributed by atoms with Crippen molar-refractivity contribution < 1.29 is 18.0 Å². The number of hydrogen-bond acceptors (Lipinski definition) is 4. The van der Waals surface area contributed by atoms with E-state index < -0.39 is 28.5 Å². The number of anilines is 1. The lowest BCUT2D eigenvalue weighted by molar-refractivity contribution is -0.140. The maximum Gasteiger partial charge on any atom is 0.264 e. The van der Waals surface area contributed by atoms with Crippen molar-refractivity contribution >= 4 is 39.1 Å². The number of benzene rings is 4. The number of carbonyl (C=O) groups excluding carboxylic acids is 2. The lowest BCUT2D eigenvalue weighted by Gasteiger charge is -2.34. The Bertz CT molecular complexity index is 1720. The number of sulfonamides is 1. The van der Waals surface area contributed by atoms with E-state index >= 15 is 0 Å². The summed E-state index contributed by atoms with van der Waals surface area (Å²) in [5.74, 6) is -0.839. The van der Waals surface area contributed by atoms with Crippen LogP contribution < -0.4 is 9.62 Å². The van der Waals surface area contributed by atoms with Crippen LogP contribution in [0, 0.1) is 20.8 Å². The quantitative estimate of drug-likeness (QED) is 0.188. The predicted molar refractivity (Wildman–Crippen MR) is 181 cm³/mol. The third kappa shape index (κ3) is 8.74. The van der Waals surface area contributed by atoms with Gasteiger partial charge in [0.25, 0.3) is 10.0 Å². The van der Waals surface area contributed by atoms with E-state index in [4.69, 9.17) is 11.6 Å². The molecular formula is C36H40ClN3O4S. The summed E-state index contributed by atoms with van der Waals surface area (Å²) >= 11 is 6.15. The number of aryl methyl sites for hydroxylation is 3. The number of halogens is 1. The van der Waals surface area contributed by atoms with E-state index in [-0.39, 0.29) is 29.8 Å². The maximum absolute atomic E-state index is 14.5. The summed E-state index contributed by atoms with van der Waals surface area (Å²) in [5.41, 5.74) is 4.79. The summed E-state index contributed by atoms with van der Waals surface area (Å²) in [6.45, 7) is 9.01. The van der Waals surface area contributed by atoms with Crippen LogP contribution in [0.4, 0.5) is 5.69 Å². The molecule has 236 valence electrons. The van der Waals surface area contributed by atoms with Crippen LogP contribution in [0.5, 0.6) is 0 Å². The fraction of sp³-hybridized carbons (Fsp3) is 0.278. The summed E-state index contributed by atoms with van der Waals surface area (Å²) in [6.07, 6.45) is 0.243. The van der Waals surface area contributed by atoms with E-state index in [1.165, 1.54) is 4.90 Å². The van der Waals surface area contributed by atoms with Crippen molar-refractivity contribution in [2.75, 3.05) is 10.8 Å². The Balaban J connectivity index is 1.82. The van der Waals surface area contributed by atoms with Gasteiger partial charge in [-0.15, -0.1) is 0 Å². The first-order chi connectivity index (χ1) is 21.3. The minimum Gasteiger partial charge on any atom is -0.352 e. The number of rotatable bonds is 12. The van der Waals surface area contributed by atoms with Crippen LogP contribution >= 0.6 is 11.6 Å². The van der Waals surface area contributed by atoms with Crippen molar-refractivity contribution in [2.45, 2.75) is 64.6 Å². The summed E-state index contributed by atoms with van der Waals surface area (Å²) in [7, 11) is -4.16. The van der Waals surface area contributed by atoms with Gasteiger partial charge < -0.3 is 10.2 Å². The van der Waals surface area contributed by atoms with E-state index in [0.29, 0.717) is 10.7 Å². The second-order valence-electron chi connectivity index (χ2n) is 11.6. The molecule has 0 unspecified atom stereocenters. The molecule has 0 aliphatic heterocycles. The second kappa shape index (κ2) is 14.8. The van der Waals surface area contributed by atoms with Crippen LogP contribution in [0.3, 0.4) is 0 Å². The molecule has 9 heteroatoms. The molecule has 0 spiro atoms. The summed E-state index contributed by atoms with van der Waals surface area (Å²) in [4.78, 5) is 29.8. The van der Waals surface area contributed by atoms with Crippen LogP contribution in [-0.4, -0.2) is 43.8 Å². The molecule has 0 bridgehead atoms. The van der Waals surface area contributed by atoms with Gasteiger partial charge in [-0.3, -0.25) is 13.9 Å². The molecule has 0 radical (unpaired) electrons. The van der Waals surface area contributed by atoms with E-state index in [9.17, 15) is 18.0 Å². The highest BCUT2D eigenvalue weighted by Crippen LogP contribution is 2.27. The topological polar surface area (TPSA) is 86.8 Å². The zero-order valence-electron chi connectivity index (χ0n) is 26.3. The Morgan fingerprint density at radius 3 is 2.04 bits per heavy atom. The van der Waals surface area contributed by atoms with Gasteiger partial charge in [-0.05, 0) is 93.3 Å². The number of nitrogens with one attached hydrogen (secondary N) is 1. The molecule has 4 rings (SSSR count). The Labute approximate surface area is 271 Å². The van der Waals surface area contributed by atoms with Gasteiger partial charge in [-0.2, -0.15) is 0 Å².